The third-order valence-electron chi connectivity index (χ3n) is 6.17. The number of amides is 1. The third kappa shape index (κ3) is 3.95. The van der Waals surface area contributed by atoms with Gasteiger partial charge in [-0.3, -0.25) is 4.79 Å². The van der Waals surface area contributed by atoms with E-state index < -0.39 is 17.3 Å². The molecular formula is C23H21ClF2N4O2. The summed E-state index contributed by atoms with van der Waals surface area (Å²) in [7, 11) is 0. The van der Waals surface area contributed by atoms with Crippen molar-refractivity contribution in [3.63, 3.8) is 0 Å². The van der Waals surface area contributed by atoms with Gasteiger partial charge in [0, 0.05) is 36.0 Å². The van der Waals surface area contributed by atoms with Crippen molar-refractivity contribution < 1.29 is 13.6 Å². The molecule has 6 nitrogen and oxygen atoms in total. The minimum Gasteiger partial charge on any atom is -0.342 e. The molecule has 1 aliphatic carbocycles. The van der Waals surface area contributed by atoms with Crippen molar-refractivity contribution in [2.24, 2.45) is 11.8 Å². The van der Waals surface area contributed by atoms with E-state index in [4.69, 9.17) is 11.6 Å². The fourth-order valence-electron chi connectivity index (χ4n) is 4.34. The molecule has 2 aromatic carbocycles. The zero-order valence-electron chi connectivity index (χ0n) is 17.2. The highest BCUT2D eigenvalue weighted by atomic mass is 35.5. The molecule has 2 fully saturated rings. The van der Waals surface area contributed by atoms with Crippen LogP contribution in [0, 0.1) is 23.5 Å². The summed E-state index contributed by atoms with van der Waals surface area (Å²) in [6.45, 7) is 1.32. The van der Waals surface area contributed by atoms with E-state index in [9.17, 15) is 14.0 Å². The van der Waals surface area contributed by atoms with Crippen LogP contribution in [-0.2, 0) is 11.2 Å². The highest BCUT2D eigenvalue weighted by molar-refractivity contribution is 6.30. The number of H-pyrrole nitrogens is 1. The number of aromatic nitrogens is 3. The van der Waals surface area contributed by atoms with Crippen LogP contribution in [0.3, 0.4) is 0 Å². The number of hydrogen-bond donors (Lipinski definition) is 1. The molecule has 5 rings (SSSR count). The number of carbonyl (C=O) groups excluding carboxylic acids is 1. The predicted molar refractivity (Wildman–Crippen MR) is 116 cm³/mol. The Morgan fingerprint density at radius 2 is 1.94 bits per heavy atom. The average Bonchev–Trinajstić information content (AvgIpc) is 3.41. The summed E-state index contributed by atoms with van der Waals surface area (Å²) in [6.07, 6.45) is 3.19. The molecule has 0 spiro atoms. The number of hydrogen-bond acceptors (Lipinski definition) is 3. The molecule has 1 saturated heterocycles. The van der Waals surface area contributed by atoms with Crippen molar-refractivity contribution >= 4 is 17.5 Å². The molecule has 1 aromatic heterocycles. The number of nitrogens with zero attached hydrogens (tertiary/aromatic N) is 3. The van der Waals surface area contributed by atoms with Crippen molar-refractivity contribution in [3.05, 3.63) is 69.4 Å². The Balaban J connectivity index is 1.39. The molecule has 32 heavy (non-hydrogen) atoms. The Labute approximate surface area is 187 Å². The van der Waals surface area contributed by atoms with Crippen LogP contribution in [0.4, 0.5) is 8.78 Å². The van der Waals surface area contributed by atoms with Crippen LogP contribution in [-0.4, -0.2) is 38.7 Å². The highest BCUT2D eigenvalue weighted by Crippen LogP contribution is 2.33. The second kappa shape index (κ2) is 8.16. The summed E-state index contributed by atoms with van der Waals surface area (Å²) >= 11 is 5.79. The largest absolute Gasteiger partial charge is 0.348 e. The summed E-state index contributed by atoms with van der Waals surface area (Å²) in [4.78, 5) is 26.6. The minimum absolute atomic E-state index is 0.0424. The molecule has 2 aliphatic rings. The van der Waals surface area contributed by atoms with Crippen LogP contribution in [0.2, 0.25) is 5.02 Å². The fourth-order valence-corrected chi connectivity index (χ4v) is 4.50. The summed E-state index contributed by atoms with van der Waals surface area (Å²) in [5.74, 6) is -0.281. The lowest BCUT2D eigenvalue weighted by Crippen LogP contribution is -2.30. The number of aromatic amines is 1. The van der Waals surface area contributed by atoms with Gasteiger partial charge in [-0.1, -0.05) is 17.7 Å². The van der Waals surface area contributed by atoms with Gasteiger partial charge >= 0.3 is 5.69 Å². The molecule has 1 amide bonds. The first kappa shape index (κ1) is 20.9. The molecule has 1 aliphatic heterocycles. The zero-order valence-corrected chi connectivity index (χ0v) is 17.9. The SMILES string of the molecule is O=C(C1CC1)N1CC[C@@H](Cc2n[nH]c(=O)n2-c2ccc(-c3ccc(Cl)cc3F)cc2F)C1. The molecule has 9 heteroatoms. The average molecular weight is 459 g/mol. The molecular weight excluding hydrogens is 438 g/mol. The summed E-state index contributed by atoms with van der Waals surface area (Å²) < 4.78 is 30.5. The van der Waals surface area contributed by atoms with Crippen molar-refractivity contribution in [3.8, 4) is 16.8 Å². The van der Waals surface area contributed by atoms with E-state index in [1.807, 2.05) is 4.90 Å². The Bertz CT molecular complexity index is 1250. The molecule has 0 radical (unpaired) electrons. The lowest BCUT2D eigenvalue weighted by molar-refractivity contribution is -0.131. The number of benzene rings is 2. The number of carbonyl (C=O) groups is 1. The van der Waals surface area contributed by atoms with Crippen molar-refractivity contribution in [2.75, 3.05) is 13.1 Å². The maximum Gasteiger partial charge on any atom is 0.348 e. The van der Waals surface area contributed by atoms with Gasteiger partial charge in [0.1, 0.15) is 17.5 Å². The quantitative estimate of drug-likeness (QED) is 0.629. The summed E-state index contributed by atoms with van der Waals surface area (Å²) in [5, 5.41) is 6.75. The van der Waals surface area contributed by atoms with Gasteiger partial charge < -0.3 is 4.90 Å². The molecule has 2 heterocycles. The lowest BCUT2D eigenvalue weighted by Gasteiger charge is -2.16. The molecule has 0 unspecified atom stereocenters. The standard InChI is InChI=1S/C23H21ClF2N4O2/c24-16-4-5-17(18(25)11-16)15-3-6-20(19(26)10-15)30-21(27-28-23(30)32)9-13-7-8-29(12-13)22(31)14-1-2-14/h3-6,10-11,13-14H,1-2,7-9,12H2,(H,28,32)/t13-/m0/s1. The lowest BCUT2D eigenvalue weighted by atomic mass is 10.0. The highest BCUT2D eigenvalue weighted by Gasteiger charge is 2.37. The van der Waals surface area contributed by atoms with Gasteiger partial charge in [0.2, 0.25) is 5.91 Å². The Kier molecular flexibility index (Phi) is 5.33. The van der Waals surface area contributed by atoms with Gasteiger partial charge in [0.25, 0.3) is 0 Å². The first-order valence-electron chi connectivity index (χ1n) is 10.6. The molecule has 166 valence electrons. The van der Waals surface area contributed by atoms with E-state index in [2.05, 4.69) is 10.2 Å². The molecule has 0 bridgehead atoms. The Morgan fingerprint density at radius 1 is 1.12 bits per heavy atom. The smallest absolute Gasteiger partial charge is 0.342 e. The topological polar surface area (TPSA) is 71.0 Å². The normalized spacial score (nSPS) is 18.3. The van der Waals surface area contributed by atoms with Gasteiger partial charge in [0.15, 0.2) is 0 Å². The first-order chi connectivity index (χ1) is 15.4. The zero-order chi connectivity index (χ0) is 22.4. The molecule has 1 N–H and O–H groups in total. The predicted octanol–water partition coefficient (Wildman–Crippen LogP) is 3.96. The van der Waals surface area contributed by atoms with Gasteiger partial charge in [-0.15, -0.1) is 0 Å². The Hall–Kier alpha value is -3.00. The van der Waals surface area contributed by atoms with E-state index in [0.717, 1.165) is 19.3 Å². The van der Waals surface area contributed by atoms with Gasteiger partial charge in [0.05, 0.1) is 5.69 Å². The van der Waals surface area contributed by atoms with E-state index in [-0.39, 0.29) is 34.0 Å². The first-order valence-corrected chi connectivity index (χ1v) is 11.0. The number of halogens is 3. The maximum absolute atomic E-state index is 15.0. The summed E-state index contributed by atoms with van der Waals surface area (Å²) in [5.41, 5.74) is 0.0449. The van der Waals surface area contributed by atoms with Crippen molar-refractivity contribution in [2.45, 2.75) is 25.7 Å². The summed E-state index contributed by atoms with van der Waals surface area (Å²) in [6, 6.07) is 8.37. The van der Waals surface area contributed by atoms with E-state index in [0.29, 0.717) is 30.9 Å². The fraction of sp³-hybridized carbons (Fsp3) is 0.348. The van der Waals surface area contributed by atoms with E-state index in [1.165, 1.54) is 34.9 Å². The van der Waals surface area contributed by atoms with E-state index in [1.54, 1.807) is 6.07 Å². The van der Waals surface area contributed by atoms with Gasteiger partial charge in [-0.2, -0.15) is 5.10 Å². The second-order valence-corrected chi connectivity index (χ2v) is 8.92. The molecule has 1 atom stereocenters. The van der Waals surface area contributed by atoms with Crippen molar-refractivity contribution in [1.82, 2.24) is 19.7 Å². The molecule has 3 aromatic rings. The van der Waals surface area contributed by atoms with Crippen molar-refractivity contribution in [1.29, 1.82) is 0 Å². The van der Waals surface area contributed by atoms with Gasteiger partial charge in [-0.25, -0.2) is 23.2 Å². The van der Waals surface area contributed by atoms with Crippen LogP contribution in [0.15, 0.2) is 41.2 Å². The maximum atomic E-state index is 15.0. The number of likely N-dealkylation sites (tertiary alicyclic amines) is 1. The number of nitrogens with one attached hydrogen (secondary N) is 1. The van der Waals surface area contributed by atoms with Crippen LogP contribution in [0.1, 0.15) is 25.1 Å². The van der Waals surface area contributed by atoms with Crippen LogP contribution < -0.4 is 5.69 Å². The van der Waals surface area contributed by atoms with Gasteiger partial charge in [-0.05, 0) is 61.1 Å². The monoisotopic (exact) mass is 458 g/mol. The Morgan fingerprint density at radius 3 is 2.66 bits per heavy atom. The molecule has 1 saturated carbocycles. The van der Waals surface area contributed by atoms with Crippen LogP contribution in [0.5, 0.6) is 0 Å². The van der Waals surface area contributed by atoms with Crippen LogP contribution in [0.25, 0.3) is 16.8 Å². The van der Waals surface area contributed by atoms with E-state index >= 15 is 4.39 Å². The number of rotatable bonds is 5. The minimum atomic E-state index is -0.668. The van der Waals surface area contributed by atoms with Crippen LogP contribution >= 0.6 is 11.6 Å². The third-order valence-corrected chi connectivity index (χ3v) is 6.40. The second-order valence-electron chi connectivity index (χ2n) is 8.49.